The van der Waals surface area contributed by atoms with Crippen LogP contribution in [0.15, 0.2) is 6.20 Å². The molecule has 1 fully saturated rings. The van der Waals surface area contributed by atoms with Crippen molar-refractivity contribution in [2.24, 2.45) is 0 Å². The number of ether oxygens (including phenoxy) is 1. The number of rotatable bonds is 4. The third kappa shape index (κ3) is 2.60. The summed E-state index contributed by atoms with van der Waals surface area (Å²) < 4.78 is 4.97. The van der Waals surface area contributed by atoms with E-state index in [1.54, 1.807) is 11.8 Å². The number of hydrogen-bond acceptors (Lipinski definition) is 7. The van der Waals surface area contributed by atoms with Crippen LogP contribution in [0, 0.1) is 17.0 Å². The first kappa shape index (κ1) is 16.1. The molecule has 120 valence electrons. The van der Waals surface area contributed by atoms with Gasteiger partial charge in [-0.2, -0.15) is 0 Å². The van der Waals surface area contributed by atoms with E-state index in [1.807, 2.05) is 6.92 Å². The molecule has 1 saturated heterocycles. The zero-order chi connectivity index (χ0) is 16.3. The maximum absolute atomic E-state index is 12.4. The van der Waals surface area contributed by atoms with Crippen molar-refractivity contribution in [3.8, 4) is 0 Å². The summed E-state index contributed by atoms with van der Waals surface area (Å²) in [5.74, 6) is 0.255. The van der Waals surface area contributed by atoms with Crippen molar-refractivity contribution < 1.29 is 14.5 Å². The van der Waals surface area contributed by atoms with Crippen LogP contribution < -0.4 is 4.90 Å². The Balaban J connectivity index is 2.59. The lowest BCUT2D eigenvalue weighted by molar-refractivity contribution is -0.384. The fraction of sp³-hybridized carbons (Fsp3) is 0.643. The van der Waals surface area contributed by atoms with E-state index >= 15 is 0 Å². The quantitative estimate of drug-likeness (QED) is 0.476. The summed E-state index contributed by atoms with van der Waals surface area (Å²) in [7, 11) is 1.34. The Morgan fingerprint density at radius 1 is 1.55 bits per heavy atom. The molecule has 1 aromatic heterocycles. The molecule has 0 aromatic carbocycles. The van der Waals surface area contributed by atoms with Gasteiger partial charge in [0, 0.05) is 6.54 Å². The topological polar surface area (TPSA) is 98.5 Å². The monoisotopic (exact) mass is 308 g/mol. The summed E-state index contributed by atoms with van der Waals surface area (Å²) in [6.07, 6.45) is 4.01. The summed E-state index contributed by atoms with van der Waals surface area (Å²) in [6.45, 7) is 4.08. The van der Waals surface area contributed by atoms with Gasteiger partial charge in [0.05, 0.1) is 12.0 Å². The van der Waals surface area contributed by atoms with E-state index in [-0.39, 0.29) is 17.5 Å². The van der Waals surface area contributed by atoms with Crippen molar-refractivity contribution in [3.05, 3.63) is 22.1 Å². The second-order valence-corrected chi connectivity index (χ2v) is 5.37. The van der Waals surface area contributed by atoms with Crippen molar-refractivity contribution in [3.63, 3.8) is 0 Å². The lowest BCUT2D eigenvalue weighted by Gasteiger charge is -2.44. The van der Waals surface area contributed by atoms with Gasteiger partial charge < -0.3 is 9.64 Å². The molecule has 1 unspecified atom stereocenters. The van der Waals surface area contributed by atoms with Crippen molar-refractivity contribution in [2.75, 3.05) is 18.6 Å². The maximum atomic E-state index is 12.4. The van der Waals surface area contributed by atoms with E-state index in [1.165, 1.54) is 13.3 Å². The molecular formula is C14H20N4O4. The highest BCUT2D eigenvalue weighted by Gasteiger charge is 2.47. The van der Waals surface area contributed by atoms with Crippen LogP contribution in [0.2, 0.25) is 0 Å². The summed E-state index contributed by atoms with van der Waals surface area (Å²) in [5.41, 5.74) is -1.09. The molecule has 0 N–H and O–H groups in total. The van der Waals surface area contributed by atoms with Gasteiger partial charge in [-0.15, -0.1) is 0 Å². The van der Waals surface area contributed by atoms with Gasteiger partial charge in [-0.3, -0.25) is 10.1 Å². The Morgan fingerprint density at radius 3 is 2.86 bits per heavy atom. The molecule has 1 aromatic rings. The molecule has 0 bridgehead atoms. The number of nitro groups is 1. The average Bonchev–Trinajstić information content (AvgIpc) is 2.53. The Kier molecular flexibility index (Phi) is 4.58. The van der Waals surface area contributed by atoms with Crippen LogP contribution in [0.25, 0.3) is 0 Å². The average molecular weight is 308 g/mol. The van der Waals surface area contributed by atoms with Gasteiger partial charge in [0.15, 0.2) is 0 Å². The van der Waals surface area contributed by atoms with E-state index in [0.29, 0.717) is 25.2 Å². The Hall–Kier alpha value is -2.25. The van der Waals surface area contributed by atoms with Crippen molar-refractivity contribution in [1.29, 1.82) is 0 Å². The van der Waals surface area contributed by atoms with E-state index in [4.69, 9.17) is 4.74 Å². The summed E-state index contributed by atoms with van der Waals surface area (Å²) in [6, 6.07) is 0. The van der Waals surface area contributed by atoms with E-state index in [9.17, 15) is 14.9 Å². The molecule has 0 amide bonds. The van der Waals surface area contributed by atoms with Gasteiger partial charge in [0.2, 0.25) is 5.82 Å². The standard InChI is InChI=1S/C14H20N4O4/c1-4-14(13(19)22-3)7-5-6-8-17(14)12-11(18(20)21)9-15-10(2)16-12/h9H,4-8H2,1-3H3. The molecule has 1 atom stereocenters. The van der Waals surface area contributed by atoms with E-state index in [2.05, 4.69) is 9.97 Å². The molecule has 2 heterocycles. The second-order valence-electron chi connectivity index (χ2n) is 5.37. The normalized spacial score (nSPS) is 21.5. The number of aryl methyl sites for hydroxylation is 1. The molecular weight excluding hydrogens is 288 g/mol. The Labute approximate surface area is 128 Å². The third-order valence-corrected chi connectivity index (χ3v) is 4.21. The molecule has 0 spiro atoms. The molecule has 0 saturated carbocycles. The first-order valence-corrected chi connectivity index (χ1v) is 7.30. The number of nitrogens with zero attached hydrogens (tertiary/aromatic N) is 4. The van der Waals surface area contributed by atoms with E-state index < -0.39 is 10.5 Å². The van der Waals surface area contributed by atoms with E-state index in [0.717, 1.165) is 12.8 Å². The van der Waals surface area contributed by atoms with Crippen LogP contribution in [0.1, 0.15) is 38.4 Å². The molecule has 8 heteroatoms. The predicted octanol–water partition coefficient (Wildman–Crippen LogP) is 2.01. The third-order valence-electron chi connectivity index (χ3n) is 4.21. The number of aromatic nitrogens is 2. The van der Waals surface area contributed by atoms with Crippen LogP contribution >= 0.6 is 0 Å². The van der Waals surface area contributed by atoms with Gasteiger partial charge in [-0.25, -0.2) is 14.8 Å². The summed E-state index contributed by atoms with van der Waals surface area (Å²) in [5, 5.41) is 11.3. The van der Waals surface area contributed by atoms with Gasteiger partial charge in [0.1, 0.15) is 17.6 Å². The van der Waals surface area contributed by atoms with Gasteiger partial charge in [-0.05, 0) is 32.6 Å². The van der Waals surface area contributed by atoms with Crippen molar-refractivity contribution in [2.45, 2.75) is 45.1 Å². The molecule has 8 nitrogen and oxygen atoms in total. The zero-order valence-electron chi connectivity index (χ0n) is 13.0. The molecule has 22 heavy (non-hydrogen) atoms. The van der Waals surface area contributed by atoms with Crippen LogP contribution in [0.3, 0.4) is 0 Å². The molecule has 2 rings (SSSR count). The fourth-order valence-corrected chi connectivity index (χ4v) is 3.04. The van der Waals surface area contributed by atoms with Crippen molar-refractivity contribution >= 4 is 17.5 Å². The first-order chi connectivity index (χ1) is 10.5. The van der Waals surface area contributed by atoms with Gasteiger partial charge in [-0.1, -0.05) is 6.92 Å². The van der Waals surface area contributed by atoms with Crippen molar-refractivity contribution in [1.82, 2.24) is 9.97 Å². The second kappa shape index (κ2) is 6.25. The first-order valence-electron chi connectivity index (χ1n) is 7.30. The van der Waals surface area contributed by atoms with Crippen LogP contribution in [-0.2, 0) is 9.53 Å². The highest BCUT2D eigenvalue weighted by molar-refractivity contribution is 5.86. The number of carbonyl (C=O) groups excluding carboxylic acids is 1. The number of hydrogen-bond donors (Lipinski definition) is 0. The summed E-state index contributed by atoms with van der Waals surface area (Å²) in [4.78, 5) is 33.1. The minimum Gasteiger partial charge on any atom is -0.467 e. The lowest BCUT2D eigenvalue weighted by atomic mass is 9.84. The van der Waals surface area contributed by atoms with Crippen LogP contribution in [0.4, 0.5) is 11.5 Å². The highest BCUT2D eigenvalue weighted by atomic mass is 16.6. The number of anilines is 1. The highest BCUT2D eigenvalue weighted by Crippen LogP contribution is 2.39. The van der Waals surface area contributed by atoms with Gasteiger partial charge >= 0.3 is 11.7 Å². The number of esters is 1. The fourth-order valence-electron chi connectivity index (χ4n) is 3.04. The predicted molar refractivity (Wildman–Crippen MR) is 79.7 cm³/mol. The zero-order valence-corrected chi connectivity index (χ0v) is 13.0. The molecule has 1 aliphatic rings. The minimum absolute atomic E-state index is 0.186. The van der Waals surface area contributed by atoms with Crippen LogP contribution in [0.5, 0.6) is 0 Å². The minimum atomic E-state index is -0.904. The molecule has 0 aliphatic carbocycles. The van der Waals surface area contributed by atoms with Crippen LogP contribution in [-0.4, -0.2) is 40.1 Å². The lowest BCUT2D eigenvalue weighted by Crippen LogP contribution is -2.58. The Bertz CT molecular complexity index is 592. The SMILES string of the molecule is CCC1(C(=O)OC)CCCCN1c1nc(C)ncc1[N+](=O)[O-]. The Morgan fingerprint density at radius 2 is 2.27 bits per heavy atom. The number of piperidine rings is 1. The molecule has 1 aliphatic heterocycles. The smallest absolute Gasteiger partial charge is 0.331 e. The summed E-state index contributed by atoms with van der Waals surface area (Å²) >= 11 is 0. The van der Waals surface area contributed by atoms with Gasteiger partial charge in [0.25, 0.3) is 0 Å². The largest absolute Gasteiger partial charge is 0.467 e. The number of carbonyl (C=O) groups is 1. The maximum Gasteiger partial charge on any atom is 0.331 e. The number of methoxy groups -OCH3 is 1. The molecule has 0 radical (unpaired) electrons.